The molecule has 0 fully saturated rings. The molecule has 12 nitrogen and oxygen atoms in total. The van der Waals surface area contributed by atoms with Crippen molar-refractivity contribution in [1.29, 1.82) is 0 Å². The topological polar surface area (TPSA) is 140 Å². The van der Waals surface area contributed by atoms with Gasteiger partial charge in [0.1, 0.15) is 28.9 Å². The van der Waals surface area contributed by atoms with Crippen LogP contribution in [-0.2, 0) is 0 Å². The molecule has 0 spiro atoms. The molecule has 2 heterocycles. The highest BCUT2D eigenvalue weighted by Gasteiger charge is 2.15. The summed E-state index contributed by atoms with van der Waals surface area (Å²) in [4.78, 5) is 23.7. The fourth-order valence-electron chi connectivity index (χ4n) is 4.91. The molecular weight excluding hydrogens is 570 g/mol. The van der Waals surface area contributed by atoms with Crippen LogP contribution in [0.15, 0.2) is 59.7 Å². The number of imidazole rings is 2. The zero-order valence-electron chi connectivity index (χ0n) is 26.4. The summed E-state index contributed by atoms with van der Waals surface area (Å²) in [5, 5.41) is 3.62. The fraction of sp³-hybridized carbons (Fsp3) is 0.394. The van der Waals surface area contributed by atoms with Gasteiger partial charge in [-0.05, 0) is 89.4 Å². The maximum Gasteiger partial charge on any atom is 0.142 e. The summed E-state index contributed by atoms with van der Waals surface area (Å²) in [6.07, 6.45) is 2.49. The first-order valence-corrected chi connectivity index (χ1v) is 15.2. The molecule has 45 heavy (non-hydrogen) atoms. The first-order chi connectivity index (χ1) is 21.9. The second kappa shape index (κ2) is 15.3. The maximum absolute atomic E-state index is 8.63. The highest BCUT2D eigenvalue weighted by Crippen LogP contribution is 2.35. The fourth-order valence-corrected chi connectivity index (χ4v) is 4.91. The summed E-state index contributed by atoms with van der Waals surface area (Å²) in [6.45, 7) is 3.99. The number of H-pyrrole nitrogens is 2. The Kier molecular flexibility index (Phi) is 10.8. The zero-order valence-corrected chi connectivity index (χ0v) is 26.4. The van der Waals surface area contributed by atoms with Gasteiger partial charge >= 0.3 is 0 Å². The minimum absolute atomic E-state index is 0.358. The lowest BCUT2D eigenvalue weighted by Crippen LogP contribution is -2.15. The Balaban J connectivity index is 1.38. The highest BCUT2D eigenvalue weighted by atomic mass is 16.5. The molecule has 2 N–H and O–H groups in total. The maximum atomic E-state index is 8.63. The van der Waals surface area contributed by atoms with E-state index < -0.39 is 0 Å². The molecule has 0 amide bonds. The first-order valence-electron chi connectivity index (χ1n) is 15.2. The molecule has 0 bridgehead atoms. The van der Waals surface area contributed by atoms with Gasteiger partial charge in [0.2, 0.25) is 0 Å². The Morgan fingerprint density at radius 1 is 0.711 bits per heavy atom. The van der Waals surface area contributed by atoms with Gasteiger partial charge in [-0.3, -0.25) is 0 Å². The molecule has 0 aliphatic heterocycles. The number of benzene rings is 3. The monoisotopic (exact) mass is 611 g/mol. The molecule has 0 saturated carbocycles. The molecule has 5 rings (SSSR count). The highest BCUT2D eigenvalue weighted by molar-refractivity contribution is 5.84. The van der Waals surface area contributed by atoms with E-state index in [0.717, 1.165) is 76.4 Å². The van der Waals surface area contributed by atoms with E-state index in [1.54, 1.807) is 0 Å². The normalized spacial score (nSPS) is 11.4. The molecule has 3 aromatic carbocycles. The first kappa shape index (κ1) is 31.6. The van der Waals surface area contributed by atoms with Crippen LogP contribution in [-0.4, -0.2) is 97.4 Å². The number of rotatable bonds is 17. The van der Waals surface area contributed by atoms with Crippen molar-refractivity contribution >= 4 is 22.1 Å². The van der Waals surface area contributed by atoms with E-state index in [-0.39, 0.29) is 0 Å². The summed E-state index contributed by atoms with van der Waals surface area (Å²) in [5.41, 5.74) is 13.8. The van der Waals surface area contributed by atoms with Crippen LogP contribution in [0, 0.1) is 0 Å². The Morgan fingerprint density at radius 3 is 1.89 bits per heavy atom. The number of aromatic nitrogens is 4. The molecule has 0 aliphatic rings. The number of hydrogen-bond acceptors (Lipinski definition) is 8. The van der Waals surface area contributed by atoms with Crippen molar-refractivity contribution in [3.8, 4) is 40.0 Å². The van der Waals surface area contributed by atoms with Crippen LogP contribution in [0.25, 0.3) is 55.3 Å². The molecule has 2 aromatic heterocycles. The predicted octanol–water partition coefficient (Wildman–Crippen LogP) is 6.51. The third kappa shape index (κ3) is 8.66. The number of fused-ring (bicyclic) bond motifs is 2. The standard InChI is InChI=1S/C33H41N9O3/c1-41(2)15-6-18-43-24-9-12-27-29(21-24)38-32(36-27)23-8-11-26(31(20-23)45-17-5-14-35-40-34)33-37-28-13-10-25(22-30(28)39-33)44-19-7-16-42(3)4/h8-13,20-22H,5-7,14-19H2,1-4H3,(H,36,38)(H,37,39). The van der Waals surface area contributed by atoms with Gasteiger partial charge < -0.3 is 34.0 Å². The van der Waals surface area contributed by atoms with Gasteiger partial charge in [-0.1, -0.05) is 11.2 Å². The van der Waals surface area contributed by atoms with Crippen LogP contribution < -0.4 is 14.2 Å². The third-order valence-corrected chi connectivity index (χ3v) is 7.18. The summed E-state index contributed by atoms with van der Waals surface area (Å²) in [7, 11) is 8.23. The predicted molar refractivity (Wildman–Crippen MR) is 178 cm³/mol. The van der Waals surface area contributed by atoms with E-state index in [9.17, 15) is 0 Å². The molecule has 0 atom stereocenters. The van der Waals surface area contributed by atoms with Crippen molar-refractivity contribution in [1.82, 2.24) is 29.7 Å². The molecule has 236 valence electrons. The van der Waals surface area contributed by atoms with E-state index in [2.05, 4.69) is 58.0 Å². The van der Waals surface area contributed by atoms with Gasteiger partial charge in [0.05, 0.1) is 47.5 Å². The summed E-state index contributed by atoms with van der Waals surface area (Å²) in [5.74, 6) is 3.67. The van der Waals surface area contributed by atoms with Crippen LogP contribution >= 0.6 is 0 Å². The number of nitrogens with zero attached hydrogens (tertiary/aromatic N) is 7. The Morgan fingerprint density at radius 2 is 1.29 bits per heavy atom. The van der Waals surface area contributed by atoms with Gasteiger partial charge in [-0.25, -0.2) is 9.97 Å². The number of ether oxygens (including phenoxy) is 3. The molecule has 0 aliphatic carbocycles. The lowest BCUT2D eigenvalue weighted by Gasteiger charge is -2.11. The average molecular weight is 612 g/mol. The molecule has 5 aromatic rings. The van der Waals surface area contributed by atoms with E-state index in [4.69, 9.17) is 29.7 Å². The zero-order chi connectivity index (χ0) is 31.6. The van der Waals surface area contributed by atoms with Crippen molar-refractivity contribution in [2.45, 2.75) is 19.3 Å². The Hall–Kier alpha value is -4.77. The van der Waals surface area contributed by atoms with E-state index in [1.807, 2.05) is 54.6 Å². The smallest absolute Gasteiger partial charge is 0.142 e. The van der Waals surface area contributed by atoms with Gasteiger partial charge in [0.15, 0.2) is 0 Å². The second-order valence-electron chi connectivity index (χ2n) is 11.4. The molecule has 12 heteroatoms. The Bertz CT molecular complexity index is 1760. The van der Waals surface area contributed by atoms with Crippen molar-refractivity contribution < 1.29 is 14.2 Å². The summed E-state index contributed by atoms with van der Waals surface area (Å²) in [6, 6.07) is 17.7. The molecule has 0 unspecified atom stereocenters. The van der Waals surface area contributed by atoms with Crippen LogP contribution in [0.4, 0.5) is 0 Å². The lowest BCUT2D eigenvalue weighted by atomic mass is 10.1. The van der Waals surface area contributed by atoms with E-state index in [1.165, 1.54) is 0 Å². The SMILES string of the molecule is CN(C)CCCOc1ccc2nc(-c3ccc(-c4nc5ccc(OCCCN(C)C)cc5[nH]4)c(OCCCN=[N+]=[N-])c3)[nH]c2c1. The van der Waals surface area contributed by atoms with E-state index >= 15 is 0 Å². The third-order valence-electron chi connectivity index (χ3n) is 7.18. The van der Waals surface area contributed by atoms with Crippen molar-refractivity contribution in [3.05, 3.63) is 65.0 Å². The molecule has 0 saturated heterocycles. The number of azide groups is 1. The minimum atomic E-state index is 0.358. The Labute approximate surface area is 263 Å². The van der Waals surface area contributed by atoms with Crippen molar-refractivity contribution in [2.75, 3.05) is 67.6 Å². The lowest BCUT2D eigenvalue weighted by molar-refractivity contribution is 0.282. The van der Waals surface area contributed by atoms with Crippen LogP contribution in [0.5, 0.6) is 17.2 Å². The van der Waals surface area contributed by atoms with Crippen LogP contribution in [0.3, 0.4) is 0 Å². The van der Waals surface area contributed by atoms with Crippen molar-refractivity contribution in [3.63, 3.8) is 0 Å². The minimum Gasteiger partial charge on any atom is -0.493 e. The van der Waals surface area contributed by atoms with E-state index in [0.29, 0.717) is 44.4 Å². The average Bonchev–Trinajstić information content (AvgIpc) is 3.65. The number of hydrogen-bond donors (Lipinski definition) is 2. The van der Waals surface area contributed by atoms with Crippen LogP contribution in [0.1, 0.15) is 19.3 Å². The molecular formula is C33H41N9O3. The number of aromatic amines is 2. The number of nitrogens with one attached hydrogen (secondary N) is 2. The van der Waals surface area contributed by atoms with Gasteiger partial charge in [0, 0.05) is 42.2 Å². The van der Waals surface area contributed by atoms with Gasteiger partial charge in [-0.15, -0.1) is 0 Å². The summed E-state index contributed by atoms with van der Waals surface area (Å²) < 4.78 is 18.2. The van der Waals surface area contributed by atoms with Crippen molar-refractivity contribution in [2.24, 2.45) is 5.11 Å². The van der Waals surface area contributed by atoms with Crippen LogP contribution in [0.2, 0.25) is 0 Å². The van der Waals surface area contributed by atoms with Gasteiger partial charge in [-0.2, -0.15) is 0 Å². The van der Waals surface area contributed by atoms with Gasteiger partial charge in [0.25, 0.3) is 0 Å². The summed E-state index contributed by atoms with van der Waals surface area (Å²) >= 11 is 0. The largest absolute Gasteiger partial charge is 0.493 e. The molecule has 0 radical (unpaired) electrons. The quantitative estimate of drug-likeness (QED) is 0.0528. The second-order valence-corrected chi connectivity index (χ2v) is 11.4.